The maximum atomic E-state index is 12.6. The molecule has 0 unspecified atom stereocenters. The fraction of sp³-hybridized carbons (Fsp3) is 0.778. The van der Waals surface area contributed by atoms with E-state index in [1.807, 2.05) is 4.90 Å². The molecule has 1 saturated heterocycles. The molecule has 0 saturated carbocycles. The summed E-state index contributed by atoms with van der Waals surface area (Å²) >= 11 is 0. The minimum Gasteiger partial charge on any atom is -0.376 e. The second kappa shape index (κ2) is 8.82. The van der Waals surface area contributed by atoms with Crippen LogP contribution >= 0.6 is 0 Å². The molecular weight excluding hydrogens is 274 g/mol. The SMILES string of the molecule is CC(C)CN(/C=C(/C#N)C(=O)N1CCC(C)CC1)CC(C)C. The molecule has 4 heteroatoms. The van der Waals surface area contributed by atoms with Crippen molar-refractivity contribution in [1.82, 2.24) is 9.80 Å². The molecule has 0 aromatic rings. The molecule has 22 heavy (non-hydrogen) atoms. The molecule has 1 heterocycles. The van der Waals surface area contributed by atoms with Gasteiger partial charge in [0.25, 0.3) is 5.91 Å². The van der Waals surface area contributed by atoms with Crippen LogP contribution in [-0.4, -0.2) is 41.9 Å². The highest BCUT2D eigenvalue weighted by Gasteiger charge is 2.23. The van der Waals surface area contributed by atoms with Crippen LogP contribution in [0.25, 0.3) is 0 Å². The van der Waals surface area contributed by atoms with Gasteiger partial charge in [-0.15, -0.1) is 0 Å². The van der Waals surface area contributed by atoms with Crippen molar-refractivity contribution in [3.05, 3.63) is 11.8 Å². The van der Waals surface area contributed by atoms with E-state index in [0.717, 1.165) is 39.0 Å². The molecule has 1 aliphatic heterocycles. The average molecular weight is 305 g/mol. The molecule has 1 rings (SSSR count). The molecule has 1 amide bonds. The number of rotatable bonds is 6. The summed E-state index contributed by atoms with van der Waals surface area (Å²) in [5.41, 5.74) is 0.274. The molecule has 1 fully saturated rings. The summed E-state index contributed by atoms with van der Waals surface area (Å²) in [4.78, 5) is 16.5. The van der Waals surface area contributed by atoms with Gasteiger partial charge in [-0.2, -0.15) is 5.26 Å². The van der Waals surface area contributed by atoms with Crippen molar-refractivity contribution >= 4 is 5.91 Å². The van der Waals surface area contributed by atoms with Gasteiger partial charge in [-0.25, -0.2) is 0 Å². The standard InChI is InChI=1S/C18H31N3O/c1-14(2)11-20(12-15(3)4)13-17(10-19)18(22)21-8-6-16(5)7-9-21/h13-16H,6-9,11-12H2,1-5H3/b17-13-. The Bertz CT molecular complexity index is 416. The molecule has 0 radical (unpaired) electrons. The quantitative estimate of drug-likeness (QED) is 0.559. The number of piperidine rings is 1. The third-order valence-corrected chi connectivity index (χ3v) is 3.93. The van der Waals surface area contributed by atoms with Crippen LogP contribution in [0, 0.1) is 29.1 Å². The van der Waals surface area contributed by atoms with E-state index in [4.69, 9.17) is 0 Å². The summed E-state index contributed by atoms with van der Waals surface area (Å²) in [5, 5.41) is 9.40. The summed E-state index contributed by atoms with van der Waals surface area (Å²) in [6.45, 7) is 14.1. The highest BCUT2D eigenvalue weighted by atomic mass is 16.2. The van der Waals surface area contributed by atoms with Crippen molar-refractivity contribution in [1.29, 1.82) is 5.26 Å². The number of likely N-dealkylation sites (tertiary alicyclic amines) is 1. The Kier molecular flexibility index (Phi) is 7.44. The predicted octanol–water partition coefficient (Wildman–Crippen LogP) is 3.27. The molecule has 124 valence electrons. The van der Waals surface area contributed by atoms with Gasteiger partial charge >= 0.3 is 0 Å². The monoisotopic (exact) mass is 305 g/mol. The first-order valence-corrected chi connectivity index (χ1v) is 8.48. The lowest BCUT2D eigenvalue weighted by Crippen LogP contribution is -2.39. The highest BCUT2D eigenvalue weighted by molar-refractivity contribution is 5.97. The predicted molar refractivity (Wildman–Crippen MR) is 89.9 cm³/mol. The Hall–Kier alpha value is -1.50. The van der Waals surface area contributed by atoms with E-state index in [-0.39, 0.29) is 11.5 Å². The van der Waals surface area contributed by atoms with Gasteiger partial charge in [0.1, 0.15) is 11.6 Å². The van der Waals surface area contributed by atoms with Crippen LogP contribution in [0.5, 0.6) is 0 Å². The first-order valence-electron chi connectivity index (χ1n) is 8.48. The normalized spacial score (nSPS) is 17.0. The van der Waals surface area contributed by atoms with Crippen molar-refractivity contribution in [3.63, 3.8) is 0 Å². The van der Waals surface area contributed by atoms with Crippen LogP contribution < -0.4 is 0 Å². The number of amides is 1. The smallest absolute Gasteiger partial charge is 0.266 e. The summed E-state index contributed by atoms with van der Waals surface area (Å²) in [7, 11) is 0. The van der Waals surface area contributed by atoms with E-state index in [2.05, 4.69) is 45.6 Å². The van der Waals surface area contributed by atoms with Gasteiger partial charge < -0.3 is 9.80 Å². The van der Waals surface area contributed by atoms with Crippen LogP contribution in [0.15, 0.2) is 11.8 Å². The van der Waals surface area contributed by atoms with E-state index >= 15 is 0 Å². The topological polar surface area (TPSA) is 47.3 Å². The zero-order valence-corrected chi connectivity index (χ0v) is 14.8. The van der Waals surface area contributed by atoms with Crippen LogP contribution in [0.4, 0.5) is 0 Å². The second-order valence-electron chi connectivity index (χ2n) is 7.37. The highest BCUT2D eigenvalue weighted by Crippen LogP contribution is 2.18. The van der Waals surface area contributed by atoms with Gasteiger partial charge in [-0.3, -0.25) is 4.79 Å². The first-order chi connectivity index (χ1) is 10.3. The van der Waals surface area contributed by atoms with E-state index in [1.165, 1.54) is 0 Å². The van der Waals surface area contributed by atoms with Crippen LogP contribution in [-0.2, 0) is 4.79 Å². The minimum atomic E-state index is -0.105. The number of hydrogen-bond donors (Lipinski definition) is 0. The zero-order chi connectivity index (χ0) is 16.7. The molecule has 1 aliphatic rings. The number of carbonyl (C=O) groups excluding carboxylic acids is 1. The Morgan fingerprint density at radius 2 is 1.73 bits per heavy atom. The summed E-state index contributed by atoms with van der Waals surface area (Å²) < 4.78 is 0. The van der Waals surface area contributed by atoms with Crippen molar-refractivity contribution in [2.24, 2.45) is 17.8 Å². The molecular formula is C18H31N3O. The molecule has 0 spiro atoms. The van der Waals surface area contributed by atoms with E-state index < -0.39 is 0 Å². The Labute approximate surface area is 135 Å². The van der Waals surface area contributed by atoms with Crippen LogP contribution in [0.2, 0.25) is 0 Å². The van der Waals surface area contributed by atoms with Gasteiger partial charge in [0.15, 0.2) is 0 Å². The van der Waals surface area contributed by atoms with Crippen molar-refractivity contribution in [2.75, 3.05) is 26.2 Å². The lowest BCUT2D eigenvalue weighted by Gasteiger charge is -2.31. The third kappa shape index (κ3) is 6.09. The van der Waals surface area contributed by atoms with E-state index in [1.54, 1.807) is 6.20 Å². The average Bonchev–Trinajstić information content (AvgIpc) is 2.43. The molecule has 0 aliphatic carbocycles. The van der Waals surface area contributed by atoms with Crippen molar-refractivity contribution in [3.8, 4) is 6.07 Å². The third-order valence-electron chi connectivity index (χ3n) is 3.93. The summed E-state index contributed by atoms with van der Waals surface area (Å²) in [6.07, 6.45) is 3.85. The molecule has 0 aromatic carbocycles. The number of nitriles is 1. The fourth-order valence-electron chi connectivity index (χ4n) is 2.81. The van der Waals surface area contributed by atoms with Crippen molar-refractivity contribution in [2.45, 2.75) is 47.5 Å². The zero-order valence-electron chi connectivity index (χ0n) is 14.8. The summed E-state index contributed by atoms with van der Waals surface area (Å²) in [5.74, 6) is 1.57. The van der Waals surface area contributed by atoms with Gasteiger partial charge in [-0.1, -0.05) is 34.6 Å². The first kappa shape index (κ1) is 18.5. The lowest BCUT2D eigenvalue weighted by atomic mass is 9.99. The lowest BCUT2D eigenvalue weighted by molar-refractivity contribution is -0.128. The van der Waals surface area contributed by atoms with Crippen LogP contribution in [0.1, 0.15) is 47.5 Å². The fourth-order valence-corrected chi connectivity index (χ4v) is 2.81. The van der Waals surface area contributed by atoms with Gasteiger partial charge in [0.05, 0.1) is 0 Å². The molecule has 0 atom stereocenters. The maximum absolute atomic E-state index is 12.6. The largest absolute Gasteiger partial charge is 0.376 e. The van der Waals surface area contributed by atoms with E-state index in [0.29, 0.717) is 17.8 Å². The molecule has 0 bridgehead atoms. The molecule has 4 nitrogen and oxygen atoms in total. The summed E-state index contributed by atoms with van der Waals surface area (Å²) in [6, 6.07) is 2.12. The molecule has 0 aromatic heterocycles. The maximum Gasteiger partial charge on any atom is 0.266 e. The minimum absolute atomic E-state index is 0.105. The van der Waals surface area contributed by atoms with Gasteiger partial charge in [-0.05, 0) is 30.6 Å². The Morgan fingerprint density at radius 1 is 1.23 bits per heavy atom. The number of hydrogen-bond acceptors (Lipinski definition) is 3. The molecule has 0 N–H and O–H groups in total. The Morgan fingerprint density at radius 3 is 2.14 bits per heavy atom. The van der Waals surface area contributed by atoms with Gasteiger partial charge in [0, 0.05) is 32.4 Å². The van der Waals surface area contributed by atoms with E-state index in [9.17, 15) is 10.1 Å². The number of carbonyl (C=O) groups is 1. The second-order valence-corrected chi connectivity index (χ2v) is 7.37. The Balaban J connectivity index is 2.81. The van der Waals surface area contributed by atoms with Crippen molar-refractivity contribution < 1.29 is 4.79 Å². The van der Waals surface area contributed by atoms with Crippen LogP contribution in [0.3, 0.4) is 0 Å². The number of nitrogens with zero attached hydrogens (tertiary/aromatic N) is 3. The van der Waals surface area contributed by atoms with Gasteiger partial charge in [0.2, 0.25) is 0 Å².